The maximum atomic E-state index is 12.9. The Morgan fingerprint density at radius 2 is 1.68 bits per heavy atom. The van der Waals surface area contributed by atoms with Crippen molar-refractivity contribution < 1.29 is 26.3 Å². The normalized spacial score (nSPS) is 12.0. The summed E-state index contributed by atoms with van der Waals surface area (Å²) in [6.07, 6.45) is -4.54. The Morgan fingerprint density at radius 3 is 2.20 bits per heavy atom. The van der Waals surface area contributed by atoms with E-state index in [2.05, 4.69) is 0 Å². The van der Waals surface area contributed by atoms with Crippen molar-refractivity contribution in [3.05, 3.63) is 54.1 Å². The number of halogens is 3. The predicted octanol–water partition coefficient (Wildman–Crippen LogP) is 4.32. The second-order valence-corrected chi connectivity index (χ2v) is 6.96. The van der Waals surface area contributed by atoms with Gasteiger partial charge in [0.1, 0.15) is 5.75 Å². The first kappa shape index (κ1) is 19.1. The number of benzene rings is 2. The van der Waals surface area contributed by atoms with Crippen LogP contribution in [0.4, 0.5) is 18.9 Å². The number of rotatable bonds is 6. The van der Waals surface area contributed by atoms with Crippen LogP contribution in [0, 0.1) is 0 Å². The van der Waals surface area contributed by atoms with Crippen LogP contribution in [0.5, 0.6) is 5.75 Å². The molecule has 0 aromatic heterocycles. The Hall–Kier alpha value is -2.22. The van der Waals surface area contributed by atoms with E-state index in [0.29, 0.717) is 0 Å². The Balaban J connectivity index is 2.57. The molecule has 0 aliphatic rings. The van der Waals surface area contributed by atoms with Crippen LogP contribution >= 0.6 is 0 Å². The molecule has 0 amide bonds. The fourth-order valence-corrected chi connectivity index (χ4v) is 3.86. The van der Waals surface area contributed by atoms with Gasteiger partial charge in [-0.25, -0.2) is 8.42 Å². The van der Waals surface area contributed by atoms with Gasteiger partial charge in [-0.05, 0) is 44.2 Å². The van der Waals surface area contributed by atoms with E-state index in [1.165, 1.54) is 12.1 Å². The molecule has 0 spiro atoms. The standard InChI is InChI=1S/C17H18F3NO3S/c1-3-21(25(22,23)14-8-6-5-7-9-14)15-11-10-13(17(18,19)20)12-16(15)24-4-2/h5-12H,3-4H2,1-2H3. The maximum Gasteiger partial charge on any atom is 0.416 e. The van der Waals surface area contributed by atoms with Gasteiger partial charge in [0.2, 0.25) is 0 Å². The summed E-state index contributed by atoms with van der Waals surface area (Å²) in [6.45, 7) is 3.37. The topological polar surface area (TPSA) is 46.6 Å². The van der Waals surface area contributed by atoms with Crippen LogP contribution in [0.25, 0.3) is 0 Å². The maximum absolute atomic E-state index is 12.9. The SMILES string of the molecule is CCOc1cc(C(F)(F)F)ccc1N(CC)S(=O)(=O)c1ccccc1. The van der Waals surface area contributed by atoms with Gasteiger partial charge in [-0.15, -0.1) is 0 Å². The van der Waals surface area contributed by atoms with Crippen LogP contribution in [-0.2, 0) is 16.2 Å². The number of anilines is 1. The van der Waals surface area contributed by atoms with Crippen LogP contribution in [0.3, 0.4) is 0 Å². The highest BCUT2D eigenvalue weighted by Gasteiger charge is 2.33. The van der Waals surface area contributed by atoms with Gasteiger partial charge in [-0.2, -0.15) is 13.2 Å². The number of nitrogens with zero attached hydrogens (tertiary/aromatic N) is 1. The van der Waals surface area contributed by atoms with Crippen LogP contribution < -0.4 is 9.04 Å². The molecule has 0 saturated heterocycles. The lowest BCUT2D eigenvalue weighted by atomic mass is 10.2. The van der Waals surface area contributed by atoms with E-state index < -0.39 is 21.8 Å². The molecule has 0 bridgehead atoms. The molecule has 2 aromatic carbocycles. The minimum atomic E-state index is -4.54. The van der Waals surface area contributed by atoms with E-state index >= 15 is 0 Å². The number of ether oxygens (including phenoxy) is 1. The second kappa shape index (κ2) is 7.35. The molecule has 0 saturated carbocycles. The van der Waals surface area contributed by atoms with Gasteiger partial charge in [-0.3, -0.25) is 4.31 Å². The van der Waals surface area contributed by atoms with E-state index in [-0.39, 0.29) is 29.5 Å². The Labute approximate surface area is 144 Å². The van der Waals surface area contributed by atoms with E-state index in [0.717, 1.165) is 22.5 Å². The molecule has 2 rings (SSSR count). The third kappa shape index (κ3) is 4.07. The fraction of sp³-hybridized carbons (Fsp3) is 0.294. The summed E-state index contributed by atoms with van der Waals surface area (Å²) in [6, 6.07) is 10.5. The third-order valence-electron chi connectivity index (χ3n) is 3.47. The number of sulfonamides is 1. The summed E-state index contributed by atoms with van der Waals surface area (Å²) in [7, 11) is -3.92. The summed E-state index contributed by atoms with van der Waals surface area (Å²) in [5, 5.41) is 0. The first-order chi connectivity index (χ1) is 11.7. The van der Waals surface area contributed by atoms with Crippen LogP contribution in [0.2, 0.25) is 0 Å². The second-order valence-electron chi connectivity index (χ2n) is 5.10. The molecule has 25 heavy (non-hydrogen) atoms. The minimum absolute atomic E-state index is 0.0443. The first-order valence-corrected chi connectivity index (χ1v) is 9.07. The van der Waals surface area contributed by atoms with Crippen molar-refractivity contribution in [2.45, 2.75) is 24.9 Å². The molecule has 0 heterocycles. The van der Waals surface area contributed by atoms with Crippen molar-refractivity contribution in [2.75, 3.05) is 17.5 Å². The zero-order valence-corrected chi connectivity index (χ0v) is 14.6. The van der Waals surface area contributed by atoms with Gasteiger partial charge in [0, 0.05) is 6.54 Å². The van der Waals surface area contributed by atoms with Gasteiger partial charge in [0.25, 0.3) is 10.0 Å². The zero-order valence-electron chi connectivity index (χ0n) is 13.7. The average molecular weight is 373 g/mol. The van der Waals surface area contributed by atoms with Crippen LogP contribution in [0.1, 0.15) is 19.4 Å². The zero-order chi connectivity index (χ0) is 18.7. The quantitative estimate of drug-likeness (QED) is 0.758. The Kier molecular flexibility index (Phi) is 5.62. The lowest BCUT2D eigenvalue weighted by molar-refractivity contribution is -0.137. The molecule has 0 unspecified atom stereocenters. The van der Waals surface area contributed by atoms with Gasteiger partial charge >= 0.3 is 6.18 Å². The molecule has 0 aliphatic heterocycles. The summed E-state index contributed by atoms with van der Waals surface area (Å²) >= 11 is 0. The monoisotopic (exact) mass is 373 g/mol. The van der Waals surface area contributed by atoms with Gasteiger partial charge in [0.15, 0.2) is 0 Å². The smallest absolute Gasteiger partial charge is 0.416 e. The molecule has 0 atom stereocenters. The predicted molar refractivity (Wildman–Crippen MR) is 89.3 cm³/mol. The van der Waals surface area contributed by atoms with Crippen molar-refractivity contribution >= 4 is 15.7 Å². The van der Waals surface area contributed by atoms with E-state index in [4.69, 9.17) is 4.74 Å². The Bertz CT molecular complexity index is 821. The van der Waals surface area contributed by atoms with Crippen molar-refractivity contribution in [3.63, 3.8) is 0 Å². The average Bonchev–Trinajstić information content (AvgIpc) is 2.56. The minimum Gasteiger partial charge on any atom is -0.492 e. The lowest BCUT2D eigenvalue weighted by Gasteiger charge is -2.25. The van der Waals surface area contributed by atoms with Crippen molar-refractivity contribution in [1.29, 1.82) is 0 Å². The highest BCUT2D eigenvalue weighted by Crippen LogP contribution is 2.38. The number of alkyl halides is 3. The molecular formula is C17H18F3NO3S. The van der Waals surface area contributed by atoms with E-state index in [1.807, 2.05) is 0 Å². The first-order valence-electron chi connectivity index (χ1n) is 7.63. The van der Waals surface area contributed by atoms with Crippen molar-refractivity contribution in [2.24, 2.45) is 0 Å². The van der Waals surface area contributed by atoms with E-state index in [1.54, 1.807) is 32.0 Å². The third-order valence-corrected chi connectivity index (χ3v) is 5.38. The number of hydrogen-bond acceptors (Lipinski definition) is 3. The molecule has 0 aliphatic carbocycles. The molecule has 8 heteroatoms. The number of hydrogen-bond donors (Lipinski definition) is 0. The van der Waals surface area contributed by atoms with Crippen molar-refractivity contribution in [3.8, 4) is 5.75 Å². The highest BCUT2D eigenvalue weighted by molar-refractivity contribution is 7.92. The molecule has 0 N–H and O–H groups in total. The molecule has 0 radical (unpaired) electrons. The van der Waals surface area contributed by atoms with Gasteiger partial charge in [0.05, 0.1) is 22.8 Å². The molecule has 0 fully saturated rings. The summed E-state index contributed by atoms with van der Waals surface area (Å²) < 4.78 is 70.8. The molecular weight excluding hydrogens is 355 g/mol. The van der Waals surface area contributed by atoms with Crippen LogP contribution in [0.15, 0.2) is 53.4 Å². The van der Waals surface area contributed by atoms with Crippen LogP contribution in [-0.4, -0.2) is 21.6 Å². The fourth-order valence-electron chi connectivity index (χ4n) is 2.36. The molecule has 136 valence electrons. The highest BCUT2D eigenvalue weighted by atomic mass is 32.2. The van der Waals surface area contributed by atoms with E-state index in [9.17, 15) is 21.6 Å². The Morgan fingerprint density at radius 1 is 1.04 bits per heavy atom. The molecule has 2 aromatic rings. The van der Waals surface area contributed by atoms with Gasteiger partial charge < -0.3 is 4.74 Å². The van der Waals surface area contributed by atoms with Gasteiger partial charge in [-0.1, -0.05) is 18.2 Å². The van der Waals surface area contributed by atoms with Crippen molar-refractivity contribution in [1.82, 2.24) is 0 Å². The lowest BCUT2D eigenvalue weighted by Crippen LogP contribution is -2.31. The summed E-state index contributed by atoms with van der Waals surface area (Å²) in [5.41, 5.74) is -0.825. The summed E-state index contributed by atoms with van der Waals surface area (Å²) in [4.78, 5) is 0.0548. The summed E-state index contributed by atoms with van der Waals surface area (Å²) in [5.74, 6) is -0.126. The largest absolute Gasteiger partial charge is 0.492 e. The molecule has 4 nitrogen and oxygen atoms in total.